The van der Waals surface area contributed by atoms with Gasteiger partial charge in [-0.05, 0) is 311 Å². The summed E-state index contributed by atoms with van der Waals surface area (Å²) >= 11 is 0. The van der Waals surface area contributed by atoms with E-state index in [1.165, 1.54) is 103 Å². The van der Waals surface area contributed by atoms with Gasteiger partial charge in [0.15, 0.2) is 12.6 Å². The third-order valence-corrected chi connectivity index (χ3v) is 23.7. The van der Waals surface area contributed by atoms with Crippen LogP contribution in [-0.2, 0) is 52.3 Å². The van der Waals surface area contributed by atoms with Crippen molar-refractivity contribution in [2.45, 2.75) is 402 Å². The molecule has 8 fully saturated rings. The second-order valence-electron chi connectivity index (χ2n) is 42.8. The van der Waals surface area contributed by atoms with E-state index in [0.717, 1.165) is 34.2 Å². The minimum atomic E-state index is -1.10. The molecule has 0 aliphatic carbocycles. The summed E-state index contributed by atoms with van der Waals surface area (Å²) in [5.74, 6) is -2.30. The van der Waals surface area contributed by atoms with Gasteiger partial charge in [-0.3, -0.25) is 14.4 Å². The third kappa shape index (κ3) is 26.0. The van der Waals surface area contributed by atoms with Crippen LogP contribution in [0.25, 0.3) is 0 Å². The molecule has 6 N–H and O–H groups in total. The first kappa shape index (κ1) is 88.3. The van der Waals surface area contributed by atoms with E-state index in [9.17, 15) is 19.2 Å². The topological polar surface area (TPSA) is 205 Å². The fourth-order valence-corrected chi connectivity index (χ4v) is 21.8. The molecule has 17 nitrogen and oxygen atoms in total. The first-order valence-corrected chi connectivity index (χ1v) is 39.0. The molecule has 8 aliphatic rings. The average molecular weight is 1410 g/mol. The number of esters is 3. The Balaban J connectivity index is 0.000000370. The van der Waals surface area contributed by atoms with Crippen LogP contribution in [0, 0.1) is 57.2 Å². The molecule has 8 heterocycles. The predicted molar refractivity (Wildman–Crippen MR) is 407 cm³/mol. The van der Waals surface area contributed by atoms with Gasteiger partial charge in [0, 0.05) is 83.7 Å². The lowest BCUT2D eigenvalue weighted by Gasteiger charge is -2.66. The van der Waals surface area contributed by atoms with Crippen molar-refractivity contribution in [3.63, 3.8) is 0 Å². The van der Waals surface area contributed by atoms with Crippen LogP contribution in [0.2, 0.25) is 0 Å². The van der Waals surface area contributed by atoms with Crippen LogP contribution in [0.4, 0.5) is 0 Å². The lowest BCUT2D eigenvalue weighted by atomic mass is 9.44. The predicted octanol–water partition coefficient (Wildman–Crippen LogP) is 15.9. The van der Waals surface area contributed by atoms with Gasteiger partial charge in [0.1, 0.15) is 5.78 Å². The van der Waals surface area contributed by atoms with Crippen LogP contribution in [0.1, 0.15) is 323 Å². The summed E-state index contributed by atoms with van der Waals surface area (Å²) in [5.41, 5.74) is 1.49. The van der Waals surface area contributed by atoms with Gasteiger partial charge in [0.25, 0.3) is 0 Å². The number of Topliss-reactive ketones (excluding diaryl/α,β-unsaturated/α-hetero) is 1. The molecule has 0 aromatic heterocycles. The van der Waals surface area contributed by atoms with Gasteiger partial charge in [-0.15, -0.1) is 0 Å². The third-order valence-electron chi connectivity index (χ3n) is 23.7. The molecule has 8 saturated heterocycles. The lowest BCUT2D eigenvalue weighted by Crippen LogP contribution is -2.68. The van der Waals surface area contributed by atoms with Crippen LogP contribution in [0.3, 0.4) is 0 Å². The Morgan fingerprint density at radius 3 is 0.920 bits per heavy atom. The summed E-state index contributed by atoms with van der Waals surface area (Å²) in [6.45, 7) is 70.6. The molecule has 0 amide bonds. The van der Waals surface area contributed by atoms with E-state index < -0.39 is 29.7 Å². The van der Waals surface area contributed by atoms with Crippen LogP contribution in [-0.4, -0.2) is 150 Å². The highest BCUT2D eigenvalue weighted by molar-refractivity contribution is 5.89. The monoisotopic (exact) mass is 1410 g/mol. The number of ketones is 1. The molecule has 0 saturated carbocycles. The van der Waals surface area contributed by atoms with Crippen molar-refractivity contribution >= 4 is 23.7 Å². The van der Waals surface area contributed by atoms with E-state index in [0.29, 0.717) is 72.3 Å². The molecule has 8 aliphatic heterocycles. The van der Waals surface area contributed by atoms with E-state index >= 15 is 0 Å². The van der Waals surface area contributed by atoms with Gasteiger partial charge < -0.3 is 69.9 Å². The van der Waals surface area contributed by atoms with E-state index in [4.69, 9.17) is 18.9 Å². The Kier molecular flexibility index (Phi) is 28.5. The van der Waals surface area contributed by atoms with Crippen LogP contribution in [0.5, 0.6) is 0 Å². The zero-order valence-electron chi connectivity index (χ0n) is 70.4. The SMILES string of the molecule is CC1(C)CC(CCC(C)(C)C2OCC3(CO2)COC(C(C)(C)CC(C2CC(C)(C)NC(C)(C)C2)(C2CC(C)(C)NC(C)(C)C2)C2CC(C)(C)NC(C)(C)C2)OC3)CC(C)(C)N1.CC1(C)CCCC(C)(C)N1.CC1(C)CCCC(C)(C)N1.COC(=O)CC(C(=O)OC)C(CC(C)=O)C(=O)OC. The minimum absolute atomic E-state index is 0.0382. The Morgan fingerprint density at radius 2 is 0.660 bits per heavy atom. The van der Waals surface area contributed by atoms with E-state index in [1.54, 1.807) is 0 Å². The number of carbonyl (C=O) groups is 4. The van der Waals surface area contributed by atoms with Crippen molar-refractivity contribution in [2.24, 2.45) is 57.2 Å². The molecular formula is C83H156N6O11. The maximum absolute atomic E-state index is 11.7. The van der Waals surface area contributed by atoms with Crippen LogP contribution in [0.15, 0.2) is 0 Å². The Hall–Kier alpha value is -2.32. The van der Waals surface area contributed by atoms with E-state index in [-0.39, 0.29) is 97.2 Å². The van der Waals surface area contributed by atoms with E-state index in [1.807, 2.05) is 0 Å². The molecule has 584 valence electrons. The highest BCUT2D eigenvalue weighted by atomic mass is 16.7. The highest BCUT2D eigenvalue weighted by Gasteiger charge is 2.63. The quantitative estimate of drug-likeness (QED) is 0.0592. The van der Waals surface area contributed by atoms with Crippen LogP contribution >= 0.6 is 0 Å². The Bertz CT molecular complexity index is 2470. The van der Waals surface area contributed by atoms with Crippen molar-refractivity contribution in [1.29, 1.82) is 0 Å². The number of carbonyl (C=O) groups excluding carboxylic acids is 4. The summed E-state index contributed by atoms with van der Waals surface area (Å²) < 4.78 is 41.1. The molecule has 100 heavy (non-hydrogen) atoms. The van der Waals surface area contributed by atoms with Gasteiger partial charge in [0.05, 0.1) is 71.4 Å². The fourth-order valence-electron chi connectivity index (χ4n) is 21.8. The van der Waals surface area contributed by atoms with Gasteiger partial charge in [-0.25, -0.2) is 0 Å². The fraction of sp³-hybridized carbons (Fsp3) is 0.952. The minimum Gasteiger partial charge on any atom is -0.469 e. The Morgan fingerprint density at radius 1 is 0.390 bits per heavy atom. The molecule has 8 rings (SSSR count). The molecule has 17 heteroatoms. The molecule has 2 unspecified atom stereocenters. The summed E-state index contributed by atoms with van der Waals surface area (Å²) in [4.78, 5) is 45.7. The van der Waals surface area contributed by atoms with Crippen molar-refractivity contribution in [1.82, 2.24) is 31.9 Å². The van der Waals surface area contributed by atoms with Gasteiger partial charge >= 0.3 is 17.9 Å². The lowest BCUT2D eigenvalue weighted by molar-refractivity contribution is -0.337. The summed E-state index contributed by atoms with van der Waals surface area (Å²) in [6.07, 6.45) is 19.8. The van der Waals surface area contributed by atoms with Crippen molar-refractivity contribution < 1.29 is 52.3 Å². The molecular weight excluding hydrogens is 1260 g/mol. The number of hydrogen-bond acceptors (Lipinski definition) is 17. The highest BCUT2D eigenvalue weighted by Crippen LogP contribution is 2.64. The largest absolute Gasteiger partial charge is 0.469 e. The molecule has 2 atom stereocenters. The molecule has 0 aromatic rings. The number of nitrogens with one attached hydrogen (secondary N) is 6. The first-order chi connectivity index (χ1) is 45.1. The Labute approximate surface area is 611 Å². The number of piperidine rings is 6. The normalized spacial score (nSPS) is 29.6. The average Bonchev–Trinajstić information content (AvgIpc) is 0.711. The number of rotatable bonds is 17. The van der Waals surface area contributed by atoms with Gasteiger partial charge in [0.2, 0.25) is 0 Å². The van der Waals surface area contributed by atoms with Crippen LogP contribution < -0.4 is 31.9 Å². The second kappa shape index (κ2) is 32.2. The first-order valence-electron chi connectivity index (χ1n) is 39.0. The number of hydrogen-bond donors (Lipinski definition) is 6. The van der Waals surface area contributed by atoms with E-state index in [2.05, 4.69) is 240 Å². The second-order valence-corrected chi connectivity index (χ2v) is 42.8. The van der Waals surface area contributed by atoms with Crippen molar-refractivity contribution in [2.75, 3.05) is 47.8 Å². The van der Waals surface area contributed by atoms with Gasteiger partial charge in [-0.1, -0.05) is 27.7 Å². The molecule has 0 bridgehead atoms. The zero-order chi connectivity index (χ0) is 76.4. The maximum Gasteiger partial charge on any atom is 0.310 e. The molecule has 0 radical (unpaired) electrons. The summed E-state index contributed by atoms with van der Waals surface area (Å²) in [5, 5.41) is 23.4. The number of methoxy groups -OCH3 is 3. The molecule has 1 spiro atoms. The number of ether oxygens (including phenoxy) is 7. The van der Waals surface area contributed by atoms with Crippen molar-refractivity contribution in [3.8, 4) is 0 Å². The standard InChI is InChI=1S/C53H100N4O4.C12H18O7.2C9H19N/c1-42(2,22-21-36-23-44(5,6)54-45(7,8)24-36)40-58-32-52(33-59-40)34-60-41(61-35-52)43(3,4)31-53(37-25-46(9,10)55-47(11,12)26-37,38-27-48(13,14)56-49(15,16)28-38)39-29-50(17,18)57-51(19,20)30-39;1-7(13)5-8(11(15)18-3)9(12(16)19-4)6-10(14)17-2;2*1-8(2)6-5-7-9(3,4)10-8/h36-41,54-57H,21-35H2,1-20H3;8-9H,5-6H2,1-4H3;2*10H,5-7H2,1-4H3. The van der Waals surface area contributed by atoms with Gasteiger partial charge in [-0.2, -0.15) is 0 Å². The van der Waals surface area contributed by atoms with Crippen molar-refractivity contribution in [3.05, 3.63) is 0 Å². The summed E-state index contributed by atoms with van der Waals surface area (Å²) in [6, 6.07) is 0. The molecule has 0 aromatic carbocycles. The maximum atomic E-state index is 11.7. The smallest absolute Gasteiger partial charge is 0.310 e. The summed E-state index contributed by atoms with van der Waals surface area (Å²) in [7, 11) is 3.44. The zero-order valence-corrected chi connectivity index (χ0v) is 70.4.